The summed E-state index contributed by atoms with van der Waals surface area (Å²) in [4.78, 5) is 27.7. The lowest BCUT2D eigenvalue weighted by Gasteiger charge is -2.16. The third-order valence-electron chi connectivity index (χ3n) is 5.57. The fourth-order valence-corrected chi connectivity index (χ4v) is 3.75. The standard InChI is InChI=1S/C28H27F3N4O5/c1-17(26(40-32)23-11-6-5-10-22(23)25(35-38-4)27(36)33-2)24(34-37-3)18-12-14-20(15-13-18)39-21-9-7-8-19(16-21)28(29,30)31/h5-16H,32H2,1-4H3,(H,33,36)/b26-17-,34-24+,35-25+. The molecule has 40 heavy (non-hydrogen) atoms. The number of hydrogen-bond donors (Lipinski definition) is 2. The molecule has 0 saturated heterocycles. The second-order valence-electron chi connectivity index (χ2n) is 8.09. The first-order chi connectivity index (χ1) is 19.1. The summed E-state index contributed by atoms with van der Waals surface area (Å²) >= 11 is 0. The maximum absolute atomic E-state index is 13.0. The summed E-state index contributed by atoms with van der Waals surface area (Å²) < 4.78 is 44.7. The van der Waals surface area contributed by atoms with Crippen LogP contribution in [0.15, 0.2) is 88.7 Å². The van der Waals surface area contributed by atoms with Gasteiger partial charge in [-0.1, -0.05) is 40.6 Å². The topological polar surface area (TPSA) is 117 Å². The van der Waals surface area contributed by atoms with Gasteiger partial charge in [-0.3, -0.25) is 4.79 Å². The molecule has 0 unspecified atom stereocenters. The van der Waals surface area contributed by atoms with Gasteiger partial charge in [0.2, 0.25) is 0 Å². The average Bonchev–Trinajstić information content (AvgIpc) is 2.95. The molecule has 0 spiro atoms. The number of carbonyl (C=O) groups is 1. The van der Waals surface area contributed by atoms with Gasteiger partial charge in [0.25, 0.3) is 5.91 Å². The average molecular weight is 557 g/mol. The Bertz CT molecular complexity index is 1430. The number of halogens is 3. The number of likely N-dealkylation sites (N-methyl/N-ethyl adjacent to an activating group) is 1. The number of rotatable bonds is 10. The van der Waals surface area contributed by atoms with Crippen LogP contribution < -0.4 is 16.0 Å². The van der Waals surface area contributed by atoms with E-state index in [4.69, 9.17) is 25.1 Å². The van der Waals surface area contributed by atoms with Crippen LogP contribution in [0.3, 0.4) is 0 Å². The molecule has 3 aromatic rings. The highest BCUT2D eigenvalue weighted by molar-refractivity contribution is 6.45. The number of ether oxygens (including phenoxy) is 1. The molecule has 12 heteroatoms. The maximum atomic E-state index is 13.0. The number of amides is 1. The summed E-state index contributed by atoms with van der Waals surface area (Å²) in [6, 6.07) is 17.8. The molecule has 0 aliphatic rings. The molecule has 0 saturated carbocycles. The Labute approximate surface area is 228 Å². The van der Waals surface area contributed by atoms with E-state index in [9.17, 15) is 18.0 Å². The van der Waals surface area contributed by atoms with Gasteiger partial charge in [0.15, 0.2) is 11.5 Å². The van der Waals surface area contributed by atoms with Gasteiger partial charge < -0.3 is 24.6 Å². The zero-order chi connectivity index (χ0) is 29.3. The van der Waals surface area contributed by atoms with E-state index in [-0.39, 0.29) is 17.2 Å². The van der Waals surface area contributed by atoms with E-state index in [1.165, 1.54) is 33.4 Å². The number of nitrogens with two attached hydrogens (primary N) is 1. The van der Waals surface area contributed by atoms with Gasteiger partial charge in [-0.25, -0.2) is 0 Å². The number of nitrogens with one attached hydrogen (secondary N) is 1. The normalized spacial score (nSPS) is 12.8. The smallest absolute Gasteiger partial charge is 0.416 e. The predicted octanol–water partition coefficient (Wildman–Crippen LogP) is 5.27. The molecule has 3 aromatic carbocycles. The van der Waals surface area contributed by atoms with E-state index in [0.717, 1.165) is 12.1 Å². The molecule has 210 valence electrons. The molecule has 9 nitrogen and oxygen atoms in total. The van der Waals surface area contributed by atoms with Crippen molar-refractivity contribution in [1.82, 2.24) is 5.32 Å². The van der Waals surface area contributed by atoms with E-state index in [1.807, 2.05) is 0 Å². The van der Waals surface area contributed by atoms with Gasteiger partial charge in [0.1, 0.15) is 31.4 Å². The van der Waals surface area contributed by atoms with Crippen LogP contribution >= 0.6 is 0 Å². The molecule has 0 heterocycles. The van der Waals surface area contributed by atoms with E-state index in [1.54, 1.807) is 55.5 Å². The molecule has 0 aromatic heterocycles. The number of carbonyl (C=O) groups excluding carboxylic acids is 1. The van der Waals surface area contributed by atoms with Crippen LogP contribution in [0.25, 0.3) is 5.76 Å². The van der Waals surface area contributed by atoms with Crippen LogP contribution in [0.4, 0.5) is 13.2 Å². The van der Waals surface area contributed by atoms with E-state index in [2.05, 4.69) is 15.6 Å². The lowest BCUT2D eigenvalue weighted by molar-refractivity contribution is -0.137. The Morgan fingerprint density at radius 3 is 2.05 bits per heavy atom. The summed E-state index contributed by atoms with van der Waals surface area (Å²) in [5.74, 6) is 5.70. The molecular weight excluding hydrogens is 529 g/mol. The molecule has 3 N–H and O–H groups in total. The van der Waals surface area contributed by atoms with Crippen molar-refractivity contribution >= 4 is 23.1 Å². The molecule has 0 radical (unpaired) electrons. The Balaban J connectivity index is 2.02. The van der Waals surface area contributed by atoms with Crippen molar-refractivity contribution in [3.05, 3.63) is 101 Å². The maximum Gasteiger partial charge on any atom is 0.416 e. The summed E-state index contributed by atoms with van der Waals surface area (Å²) in [5, 5.41) is 10.5. The van der Waals surface area contributed by atoms with Crippen molar-refractivity contribution in [1.29, 1.82) is 0 Å². The summed E-state index contributed by atoms with van der Waals surface area (Å²) in [6.45, 7) is 1.69. The van der Waals surface area contributed by atoms with Gasteiger partial charge in [-0.2, -0.15) is 19.1 Å². The Morgan fingerprint density at radius 2 is 1.48 bits per heavy atom. The van der Waals surface area contributed by atoms with Crippen LogP contribution in [0.2, 0.25) is 0 Å². The lowest BCUT2D eigenvalue weighted by Crippen LogP contribution is -2.29. The van der Waals surface area contributed by atoms with Gasteiger partial charge >= 0.3 is 6.18 Å². The first-order valence-corrected chi connectivity index (χ1v) is 11.7. The van der Waals surface area contributed by atoms with Gasteiger partial charge in [0.05, 0.1) is 5.56 Å². The molecular formula is C28H27F3N4O5. The van der Waals surface area contributed by atoms with Crippen LogP contribution in [-0.2, 0) is 25.5 Å². The molecule has 0 aliphatic carbocycles. The highest BCUT2D eigenvalue weighted by Crippen LogP contribution is 2.33. The molecule has 0 atom stereocenters. The monoisotopic (exact) mass is 556 g/mol. The second kappa shape index (κ2) is 13.3. The fourth-order valence-electron chi connectivity index (χ4n) is 3.75. The van der Waals surface area contributed by atoms with Crippen molar-refractivity contribution in [3.8, 4) is 11.5 Å². The highest BCUT2D eigenvalue weighted by atomic mass is 19.4. The highest BCUT2D eigenvalue weighted by Gasteiger charge is 2.30. The molecule has 0 bridgehead atoms. The zero-order valence-electron chi connectivity index (χ0n) is 22.1. The number of oxime groups is 2. The lowest BCUT2D eigenvalue weighted by atomic mass is 9.95. The van der Waals surface area contributed by atoms with Crippen LogP contribution in [0.1, 0.15) is 29.2 Å². The number of alkyl halides is 3. The third-order valence-corrected chi connectivity index (χ3v) is 5.57. The SMILES string of the molecule is CNC(=O)/C(=N/OC)c1ccccc1/C(ON)=C(C)/C(=N\OC)c1ccc(Oc2cccc(C(F)(F)F)c2)cc1. The van der Waals surface area contributed by atoms with Crippen LogP contribution in [-0.4, -0.2) is 38.6 Å². The van der Waals surface area contributed by atoms with Crippen LogP contribution in [0.5, 0.6) is 11.5 Å². The molecule has 3 rings (SSSR count). The summed E-state index contributed by atoms with van der Waals surface area (Å²) in [5.41, 5.74) is 1.30. The summed E-state index contributed by atoms with van der Waals surface area (Å²) in [6.07, 6.45) is -4.49. The minimum absolute atomic E-state index is 0.00993. The summed E-state index contributed by atoms with van der Waals surface area (Å²) in [7, 11) is 4.14. The first-order valence-electron chi connectivity index (χ1n) is 11.7. The van der Waals surface area contributed by atoms with Crippen molar-refractivity contribution < 1.29 is 37.2 Å². The number of nitrogens with zero attached hydrogens (tertiary/aromatic N) is 2. The molecule has 0 aliphatic heterocycles. The third kappa shape index (κ3) is 6.97. The quantitative estimate of drug-likeness (QED) is 0.200. The van der Waals surface area contributed by atoms with Crippen molar-refractivity contribution in [2.45, 2.75) is 13.1 Å². The predicted molar refractivity (Wildman–Crippen MR) is 143 cm³/mol. The van der Waals surface area contributed by atoms with Gasteiger partial charge in [-0.05, 0) is 49.4 Å². The second-order valence-corrected chi connectivity index (χ2v) is 8.09. The van der Waals surface area contributed by atoms with Crippen molar-refractivity contribution in [3.63, 3.8) is 0 Å². The van der Waals surface area contributed by atoms with E-state index in [0.29, 0.717) is 33.7 Å². The number of benzene rings is 3. The first kappa shape index (κ1) is 29.7. The number of allylic oxidation sites excluding steroid dienone is 1. The van der Waals surface area contributed by atoms with E-state index < -0.39 is 17.6 Å². The van der Waals surface area contributed by atoms with Crippen LogP contribution in [0, 0.1) is 0 Å². The molecule has 1 amide bonds. The van der Waals surface area contributed by atoms with Gasteiger partial charge in [0, 0.05) is 29.3 Å². The zero-order valence-corrected chi connectivity index (χ0v) is 22.1. The Morgan fingerprint density at radius 1 is 0.850 bits per heavy atom. The minimum atomic E-state index is -4.49. The largest absolute Gasteiger partial charge is 0.457 e. The van der Waals surface area contributed by atoms with Crippen molar-refractivity contribution in [2.75, 3.05) is 21.3 Å². The van der Waals surface area contributed by atoms with Gasteiger partial charge in [-0.15, -0.1) is 0 Å². The van der Waals surface area contributed by atoms with Crippen molar-refractivity contribution in [2.24, 2.45) is 16.2 Å². The van der Waals surface area contributed by atoms with E-state index >= 15 is 0 Å². The minimum Gasteiger partial charge on any atom is -0.457 e. The fraction of sp³-hybridized carbons (Fsp3) is 0.179. The Kier molecular flexibility index (Phi) is 9.87. The molecule has 0 fully saturated rings. The Hall–Kier alpha value is -4.84. The number of hydrogen-bond acceptors (Lipinski definition) is 8.